The van der Waals surface area contributed by atoms with Crippen molar-refractivity contribution < 1.29 is 4.79 Å². The van der Waals surface area contributed by atoms with Crippen LogP contribution in [0.25, 0.3) is 17.0 Å². The summed E-state index contributed by atoms with van der Waals surface area (Å²) < 4.78 is 0. The van der Waals surface area contributed by atoms with Crippen LogP contribution in [0.4, 0.5) is 0 Å². The average molecular weight is 467 g/mol. The van der Waals surface area contributed by atoms with Crippen molar-refractivity contribution in [3.63, 3.8) is 0 Å². The molecule has 0 bridgehead atoms. The lowest BCUT2D eigenvalue weighted by atomic mass is 9.84. The van der Waals surface area contributed by atoms with Crippen LogP contribution in [0, 0.1) is 17.2 Å². The Balaban J connectivity index is 1.03. The molecule has 1 amide bonds. The highest BCUT2D eigenvalue weighted by atomic mass is 16.1. The maximum absolute atomic E-state index is 12.4. The lowest BCUT2D eigenvalue weighted by Crippen LogP contribution is -2.37. The first-order chi connectivity index (χ1) is 17.2. The second-order valence-corrected chi connectivity index (χ2v) is 10.1. The summed E-state index contributed by atoms with van der Waals surface area (Å²) in [6.07, 6.45) is 13.4. The van der Waals surface area contributed by atoms with E-state index >= 15 is 0 Å². The molecule has 2 heterocycles. The Hall–Kier alpha value is -3.36. The molecule has 1 fully saturated rings. The molecular formula is C30H34N4O. The first-order valence-corrected chi connectivity index (χ1v) is 13.0. The zero-order chi connectivity index (χ0) is 24.0. The molecule has 1 aromatic heterocycles. The predicted octanol–water partition coefficient (Wildman–Crippen LogP) is 5.22. The Bertz CT molecular complexity index is 1240. The van der Waals surface area contributed by atoms with Gasteiger partial charge in [-0.05, 0) is 116 Å². The standard InChI is InChI=1S/C30H34N4O/c31-21-24-1-6-25-13-17-34(18-14-26(25)20-24)16-12-22-2-7-28(8-3-22)33-30(35)10-5-23-4-9-29-27(19-23)11-15-32-29/h1,4-6,9-11,15,19-20,22,28,32H,2-3,7-8,12-14,16-18H2,(H,33,35)/b10-5+. The van der Waals surface area contributed by atoms with E-state index in [2.05, 4.69) is 39.5 Å². The van der Waals surface area contributed by atoms with Gasteiger partial charge >= 0.3 is 0 Å². The summed E-state index contributed by atoms with van der Waals surface area (Å²) in [4.78, 5) is 18.2. The molecule has 35 heavy (non-hydrogen) atoms. The summed E-state index contributed by atoms with van der Waals surface area (Å²) >= 11 is 0. The van der Waals surface area contributed by atoms with Crippen LogP contribution in [-0.2, 0) is 17.6 Å². The van der Waals surface area contributed by atoms with Crippen LogP contribution in [-0.4, -0.2) is 41.5 Å². The molecule has 2 aliphatic rings. The van der Waals surface area contributed by atoms with Gasteiger partial charge in [-0.25, -0.2) is 0 Å². The van der Waals surface area contributed by atoms with Gasteiger partial charge in [0, 0.05) is 36.9 Å². The molecule has 0 atom stereocenters. The molecule has 0 unspecified atom stereocenters. The normalized spacial score (nSPS) is 20.9. The number of nitriles is 1. The molecule has 1 aliphatic heterocycles. The van der Waals surface area contributed by atoms with Crippen LogP contribution in [0.1, 0.15) is 54.4 Å². The number of aromatic nitrogens is 1. The SMILES string of the molecule is N#Cc1ccc2c(c1)CCN(CCC1CCC(NC(=O)/C=C/c3ccc4[nH]ccc4c3)CC1)CC2. The van der Waals surface area contributed by atoms with Gasteiger partial charge in [-0.2, -0.15) is 5.26 Å². The quantitative estimate of drug-likeness (QED) is 0.489. The van der Waals surface area contributed by atoms with Gasteiger partial charge in [-0.3, -0.25) is 4.79 Å². The number of nitrogens with zero attached hydrogens (tertiary/aromatic N) is 2. The van der Waals surface area contributed by atoms with Crippen LogP contribution in [0.3, 0.4) is 0 Å². The van der Waals surface area contributed by atoms with Gasteiger partial charge in [0.15, 0.2) is 0 Å². The monoisotopic (exact) mass is 466 g/mol. The average Bonchev–Trinajstić information content (AvgIpc) is 3.26. The van der Waals surface area contributed by atoms with Gasteiger partial charge in [0.1, 0.15) is 0 Å². The van der Waals surface area contributed by atoms with Crippen molar-refractivity contribution in [2.24, 2.45) is 5.92 Å². The van der Waals surface area contributed by atoms with Crippen molar-refractivity contribution in [3.05, 3.63) is 77.0 Å². The minimum Gasteiger partial charge on any atom is -0.361 e. The lowest BCUT2D eigenvalue weighted by molar-refractivity contribution is -0.117. The van der Waals surface area contributed by atoms with Crippen molar-refractivity contribution in [2.45, 2.75) is 51.0 Å². The van der Waals surface area contributed by atoms with Gasteiger partial charge in [-0.15, -0.1) is 0 Å². The minimum absolute atomic E-state index is 0.00584. The number of nitrogens with one attached hydrogen (secondary N) is 2. The van der Waals surface area contributed by atoms with E-state index in [1.54, 1.807) is 6.08 Å². The summed E-state index contributed by atoms with van der Waals surface area (Å²) in [5.74, 6) is 0.758. The fourth-order valence-electron chi connectivity index (χ4n) is 5.62. The number of hydrogen-bond acceptors (Lipinski definition) is 3. The first kappa shape index (κ1) is 23.4. The number of H-pyrrole nitrogens is 1. The predicted molar refractivity (Wildman–Crippen MR) is 141 cm³/mol. The highest BCUT2D eigenvalue weighted by Gasteiger charge is 2.23. The van der Waals surface area contributed by atoms with Gasteiger partial charge in [0.25, 0.3) is 0 Å². The maximum Gasteiger partial charge on any atom is 0.244 e. The number of rotatable bonds is 6. The van der Waals surface area contributed by atoms with Crippen LogP contribution in [0.2, 0.25) is 0 Å². The number of aromatic amines is 1. The third-order valence-electron chi connectivity index (χ3n) is 7.78. The Labute approximate surface area is 207 Å². The Morgan fingerprint density at radius 3 is 2.71 bits per heavy atom. The van der Waals surface area contributed by atoms with Gasteiger partial charge in [0.05, 0.1) is 11.6 Å². The minimum atomic E-state index is 0.00584. The molecule has 1 saturated carbocycles. The molecule has 0 saturated heterocycles. The number of amides is 1. The van der Waals surface area contributed by atoms with Crippen LogP contribution in [0.5, 0.6) is 0 Å². The van der Waals surface area contributed by atoms with Crippen LogP contribution in [0.15, 0.2) is 54.7 Å². The highest BCUT2D eigenvalue weighted by molar-refractivity contribution is 5.92. The van der Waals surface area contributed by atoms with E-state index in [1.165, 1.54) is 30.4 Å². The number of carbonyl (C=O) groups is 1. The van der Waals surface area contributed by atoms with Crippen molar-refractivity contribution in [1.82, 2.24) is 15.2 Å². The number of fused-ring (bicyclic) bond motifs is 2. The zero-order valence-corrected chi connectivity index (χ0v) is 20.3. The smallest absolute Gasteiger partial charge is 0.244 e. The molecule has 0 spiro atoms. The van der Waals surface area contributed by atoms with Crippen molar-refractivity contribution in [2.75, 3.05) is 19.6 Å². The van der Waals surface area contributed by atoms with Crippen molar-refractivity contribution >= 4 is 22.9 Å². The molecule has 2 aromatic carbocycles. The highest BCUT2D eigenvalue weighted by Crippen LogP contribution is 2.28. The maximum atomic E-state index is 12.4. The second-order valence-electron chi connectivity index (χ2n) is 10.1. The summed E-state index contributed by atoms with van der Waals surface area (Å²) in [6.45, 7) is 3.33. The van der Waals surface area contributed by atoms with E-state index in [9.17, 15) is 4.79 Å². The van der Waals surface area contributed by atoms with Gasteiger partial charge < -0.3 is 15.2 Å². The fourth-order valence-corrected chi connectivity index (χ4v) is 5.62. The third kappa shape index (κ3) is 6.01. The Morgan fingerprint density at radius 1 is 1.06 bits per heavy atom. The van der Waals surface area contributed by atoms with E-state index in [0.29, 0.717) is 0 Å². The second kappa shape index (κ2) is 10.9. The molecular weight excluding hydrogens is 432 g/mol. The molecule has 0 radical (unpaired) electrons. The number of hydrogen-bond donors (Lipinski definition) is 2. The van der Waals surface area contributed by atoms with E-state index < -0.39 is 0 Å². The summed E-state index contributed by atoms with van der Waals surface area (Å²) in [5.41, 5.74) is 5.68. The van der Waals surface area contributed by atoms with Gasteiger partial charge in [0.2, 0.25) is 5.91 Å². The lowest BCUT2D eigenvalue weighted by Gasteiger charge is -2.30. The summed E-state index contributed by atoms with van der Waals surface area (Å²) in [6, 6.07) is 16.9. The van der Waals surface area contributed by atoms with E-state index in [4.69, 9.17) is 5.26 Å². The topological polar surface area (TPSA) is 71.9 Å². The molecule has 5 rings (SSSR count). The Kier molecular flexibility index (Phi) is 7.30. The van der Waals surface area contributed by atoms with Crippen LogP contribution < -0.4 is 5.32 Å². The summed E-state index contributed by atoms with van der Waals surface area (Å²) in [7, 11) is 0. The van der Waals surface area contributed by atoms with E-state index in [1.807, 2.05) is 36.5 Å². The zero-order valence-electron chi connectivity index (χ0n) is 20.3. The van der Waals surface area contributed by atoms with E-state index in [0.717, 1.165) is 73.3 Å². The molecule has 2 N–H and O–H groups in total. The molecule has 1 aliphatic carbocycles. The molecule has 5 nitrogen and oxygen atoms in total. The Morgan fingerprint density at radius 2 is 1.89 bits per heavy atom. The number of carbonyl (C=O) groups excluding carboxylic acids is 1. The molecule has 180 valence electrons. The largest absolute Gasteiger partial charge is 0.361 e. The fraction of sp³-hybridized carbons (Fsp3) is 0.400. The third-order valence-corrected chi connectivity index (χ3v) is 7.78. The first-order valence-electron chi connectivity index (χ1n) is 13.0. The summed E-state index contributed by atoms with van der Waals surface area (Å²) in [5, 5.41) is 13.5. The molecule has 3 aromatic rings. The van der Waals surface area contributed by atoms with Crippen molar-refractivity contribution in [3.8, 4) is 6.07 Å². The molecule has 5 heteroatoms. The van der Waals surface area contributed by atoms with Crippen molar-refractivity contribution in [1.29, 1.82) is 5.26 Å². The van der Waals surface area contributed by atoms with E-state index in [-0.39, 0.29) is 11.9 Å². The van der Waals surface area contributed by atoms with Crippen LogP contribution >= 0.6 is 0 Å². The number of benzene rings is 2. The van der Waals surface area contributed by atoms with Gasteiger partial charge in [-0.1, -0.05) is 12.1 Å².